The first-order valence-electron chi connectivity index (χ1n) is 5.74. The van der Waals surface area contributed by atoms with Gasteiger partial charge in [0.1, 0.15) is 0 Å². The Morgan fingerprint density at radius 1 is 1.47 bits per heavy atom. The van der Waals surface area contributed by atoms with Crippen molar-refractivity contribution in [1.29, 1.82) is 0 Å². The quantitative estimate of drug-likeness (QED) is 0.774. The number of aromatic nitrogens is 2. The van der Waals surface area contributed by atoms with Gasteiger partial charge in [-0.15, -0.1) is 0 Å². The molecule has 1 saturated heterocycles. The molecule has 1 aromatic heterocycles. The summed E-state index contributed by atoms with van der Waals surface area (Å²) in [5.41, 5.74) is 0. The molecule has 1 aliphatic carbocycles. The molecule has 15 heavy (non-hydrogen) atoms. The summed E-state index contributed by atoms with van der Waals surface area (Å²) in [5.74, 6) is 0.650. The first kappa shape index (κ1) is 9.36. The second kappa shape index (κ2) is 3.94. The highest BCUT2D eigenvalue weighted by atomic mass is 16.5. The average molecular weight is 207 g/mol. The lowest BCUT2D eigenvalue weighted by molar-refractivity contribution is -0.0180. The van der Waals surface area contributed by atoms with Gasteiger partial charge in [0.2, 0.25) is 0 Å². The van der Waals surface area contributed by atoms with Crippen LogP contribution in [0.1, 0.15) is 12.8 Å². The lowest BCUT2D eigenvalue weighted by atomic mass is 10.0. The molecule has 82 valence electrons. The minimum absolute atomic E-state index is 0.418. The molecule has 0 aromatic carbocycles. The number of nitrogens with zero attached hydrogens (tertiary/aromatic N) is 2. The maximum atomic E-state index is 5.87. The summed E-state index contributed by atoms with van der Waals surface area (Å²) in [6.07, 6.45) is 8.70. The number of rotatable bonds is 2. The minimum Gasteiger partial charge on any atom is -0.375 e. The van der Waals surface area contributed by atoms with Crippen LogP contribution in [-0.2, 0) is 11.3 Å². The molecule has 3 rings (SSSR count). The molecule has 2 fully saturated rings. The van der Waals surface area contributed by atoms with Crippen LogP contribution in [0.4, 0.5) is 0 Å². The van der Waals surface area contributed by atoms with E-state index in [4.69, 9.17) is 4.74 Å². The summed E-state index contributed by atoms with van der Waals surface area (Å²) < 4.78 is 8.02. The van der Waals surface area contributed by atoms with Crippen molar-refractivity contribution in [2.45, 2.75) is 31.5 Å². The Balaban J connectivity index is 1.67. The number of hydrogen-bond acceptors (Lipinski definition) is 3. The molecule has 2 heterocycles. The summed E-state index contributed by atoms with van der Waals surface area (Å²) in [4.78, 5) is 4.07. The number of hydrogen-bond donors (Lipinski definition) is 1. The van der Waals surface area contributed by atoms with E-state index in [9.17, 15) is 0 Å². The summed E-state index contributed by atoms with van der Waals surface area (Å²) in [6.45, 7) is 2.92. The third-order valence-corrected chi connectivity index (χ3v) is 3.53. The summed E-state index contributed by atoms with van der Waals surface area (Å²) in [6, 6.07) is 0.590. The van der Waals surface area contributed by atoms with Crippen molar-refractivity contribution in [3.05, 3.63) is 18.7 Å². The Hall–Kier alpha value is -0.870. The Morgan fingerprint density at radius 3 is 3.33 bits per heavy atom. The molecule has 0 spiro atoms. The maximum absolute atomic E-state index is 5.87. The lowest BCUT2D eigenvalue weighted by Gasteiger charge is -2.30. The Labute approximate surface area is 89.6 Å². The lowest BCUT2D eigenvalue weighted by Crippen LogP contribution is -2.47. The van der Waals surface area contributed by atoms with E-state index in [-0.39, 0.29) is 0 Å². The third-order valence-electron chi connectivity index (χ3n) is 3.53. The van der Waals surface area contributed by atoms with Crippen molar-refractivity contribution in [1.82, 2.24) is 14.9 Å². The van der Waals surface area contributed by atoms with E-state index in [2.05, 4.69) is 14.9 Å². The van der Waals surface area contributed by atoms with Gasteiger partial charge in [-0.25, -0.2) is 4.98 Å². The van der Waals surface area contributed by atoms with E-state index in [0.29, 0.717) is 18.1 Å². The first-order valence-corrected chi connectivity index (χ1v) is 5.74. The standard InChI is InChI=1S/C11H17N3O/c1-2-10-11(15-6-4-13-10)9(1)7-14-5-3-12-8-14/h3,5,8-11,13H,1-2,4,6-7H2/t9-,10+,11-/m0/s1. The fourth-order valence-corrected chi connectivity index (χ4v) is 2.82. The number of morpholine rings is 1. The molecule has 0 radical (unpaired) electrons. The molecule has 0 bridgehead atoms. The summed E-state index contributed by atoms with van der Waals surface area (Å²) in [5, 5.41) is 3.54. The molecule has 0 unspecified atom stereocenters. The van der Waals surface area contributed by atoms with Crippen LogP contribution in [0.15, 0.2) is 18.7 Å². The topological polar surface area (TPSA) is 39.1 Å². The van der Waals surface area contributed by atoms with Crippen molar-refractivity contribution >= 4 is 0 Å². The predicted octanol–water partition coefficient (Wildman–Crippen LogP) is 0.650. The van der Waals surface area contributed by atoms with Crippen LogP contribution < -0.4 is 5.32 Å². The second-order valence-corrected chi connectivity index (χ2v) is 4.49. The molecule has 1 N–H and O–H groups in total. The smallest absolute Gasteiger partial charge is 0.0946 e. The van der Waals surface area contributed by atoms with Crippen molar-refractivity contribution < 1.29 is 4.74 Å². The van der Waals surface area contributed by atoms with Crippen LogP contribution in [0.25, 0.3) is 0 Å². The molecule has 1 aromatic rings. The van der Waals surface area contributed by atoms with E-state index < -0.39 is 0 Å². The van der Waals surface area contributed by atoms with Gasteiger partial charge in [-0.3, -0.25) is 0 Å². The Morgan fingerprint density at radius 2 is 2.47 bits per heavy atom. The highest BCUT2D eigenvalue weighted by Gasteiger charge is 2.38. The molecule has 0 amide bonds. The molecule has 1 saturated carbocycles. The van der Waals surface area contributed by atoms with Gasteiger partial charge in [-0.1, -0.05) is 0 Å². The SMILES string of the molecule is c1cn(C[C@@H]2CC[C@H]3NCCO[C@@H]23)cn1. The molecule has 3 atom stereocenters. The summed E-state index contributed by atoms with van der Waals surface area (Å²) in [7, 11) is 0. The largest absolute Gasteiger partial charge is 0.375 e. The number of fused-ring (bicyclic) bond motifs is 1. The molecule has 1 aliphatic heterocycles. The zero-order valence-corrected chi connectivity index (χ0v) is 8.80. The van der Waals surface area contributed by atoms with Crippen molar-refractivity contribution in [2.24, 2.45) is 5.92 Å². The normalized spacial score (nSPS) is 35.3. The van der Waals surface area contributed by atoms with Crippen molar-refractivity contribution in [2.75, 3.05) is 13.2 Å². The van der Waals surface area contributed by atoms with Crippen LogP contribution in [0.3, 0.4) is 0 Å². The predicted molar refractivity (Wildman–Crippen MR) is 56.5 cm³/mol. The van der Waals surface area contributed by atoms with Gasteiger partial charge in [-0.05, 0) is 12.8 Å². The number of nitrogens with one attached hydrogen (secondary N) is 1. The molecular formula is C11H17N3O. The molecule has 4 nitrogen and oxygen atoms in total. The van der Waals surface area contributed by atoms with Gasteiger partial charge < -0.3 is 14.6 Å². The van der Waals surface area contributed by atoms with Crippen LogP contribution in [0.2, 0.25) is 0 Å². The fourth-order valence-electron chi connectivity index (χ4n) is 2.82. The van der Waals surface area contributed by atoms with Gasteiger partial charge in [0, 0.05) is 37.4 Å². The molecule has 4 heteroatoms. The van der Waals surface area contributed by atoms with E-state index in [0.717, 1.165) is 19.7 Å². The van der Waals surface area contributed by atoms with Gasteiger partial charge >= 0.3 is 0 Å². The average Bonchev–Trinajstić information content (AvgIpc) is 2.89. The maximum Gasteiger partial charge on any atom is 0.0946 e. The highest BCUT2D eigenvalue weighted by molar-refractivity contribution is 4.93. The van der Waals surface area contributed by atoms with Gasteiger partial charge in [0.15, 0.2) is 0 Å². The van der Waals surface area contributed by atoms with Crippen LogP contribution in [-0.4, -0.2) is 34.8 Å². The zero-order chi connectivity index (χ0) is 10.1. The summed E-state index contributed by atoms with van der Waals surface area (Å²) >= 11 is 0. The van der Waals surface area contributed by atoms with Crippen molar-refractivity contribution in [3.8, 4) is 0 Å². The molecule has 2 aliphatic rings. The minimum atomic E-state index is 0.418. The third kappa shape index (κ3) is 1.79. The first-order chi connectivity index (χ1) is 7.43. The van der Waals surface area contributed by atoms with E-state index in [1.807, 2.05) is 18.7 Å². The van der Waals surface area contributed by atoms with E-state index >= 15 is 0 Å². The van der Waals surface area contributed by atoms with Gasteiger partial charge in [-0.2, -0.15) is 0 Å². The van der Waals surface area contributed by atoms with Crippen LogP contribution in [0.5, 0.6) is 0 Å². The monoisotopic (exact) mass is 207 g/mol. The number of ether oxygens (including phenoxy) is 1. The van der Waals surface area contributed by atoms with E-state index in [1.54, 1.807) is 0 Å². The van der Waals surface area contributed by atoms with Gasteiger partial charge in [0.25, 0.3) is 0 Å². The fraction of sp³-hybridized carbons (Fsp3) is 0.727. The van der Waals surface area contributed by atoms with Crippen LogP contribution in [0, 0.1) is 5.92 Å². The highest BCUT2D eigenvalue weighted by Crippen LogP contribution is 2.31. The van der Waals surface area contributed by atoms with Crippen LogP contribution >= 0.6 is 0 Å². The zero-order valence-electron chi connectivity index (χ0n) is 8.80. The van der Waals surface area contributed by atoms with E-state index in [1.165, 1.54) is 12.8 Å². The Bertz CT molecular complexity index is 312. The Kier molecular flexibility index (Phi) is 2.46. The molecular weight excluding hydrogens is 190 g/mol. The second-order valence-electron chi connectivity index (χ2n) is 4.49. The van der Waals surface area contributed by atoms with Gasteiger partial charge in [0.05, 0.1) is 19.0 Å². The van der Waals surface area contributed by atoms with Crippen molar-refractivity contribution in [3.63, 3.8) is 0 Å². The number of imidazole rings is 1.